The van der Waals surface area contributed by atoms with Gasteiger partial charge < -0.3 is 15.4 Å². The van der Waals surface area contributed by atoms with Crippen LogP contribution in [0.5, 0.6) is 0 Å². The molecule has 0 aliphatic carbocycles. The molecule has 0 bridgehead atoms. The molecule has 116 valence electrons. The number of carbonyl (C=O) groups excluding carboxylic acids is 1. The largest absolute Gasteiger partial charge is 0.462 e. The van der Waals surface area contributed by atoms with Gasteiger partial charge in [0.25, 0.3) is 0 Å². The van der Waals surface area contributed by atoms with E-state index < -0.39 is 0 Å². The highest BCUT2D eigenvalue weighted by Gasteiger charge is 2.06. The van der Waals surface area contributed by atoms with E-state index in [1.165, 1.54) is 0 Å². The molecule has 2 aromatic rings. The van der Waals surface area contributed by atoms with Crippen LogP contribution in [0.1, 0.15) is 30.6 Å². The molecule has 0 radical (unpaired) electrons. The molecule has 0 aliphatic rings. The topological polar surface area (TPSA) is 89.0 Å². The summed E-state index contributed by atoms with van der Waals surface area (Å²) in [7, 11) is 0. The molecule has 0 saturated carbocycles. The van der Waals surface area contributed by atoms with Gasteiger partial charge in [0.1, 0.15) is 0 Å². The Morgan fingerprint density at radius 3 is 2.68 bits per heavy atom. The highest BCUT2D eigenvalue weighted by Crippen LogP contribution is 2.15. The summed E-state index contributed by atoms with van der Waals surface area (Å²) in [5, 5.41) is 14.0. The van der Waals surface area contributed by atoms with E-state index in [1.807, 2.05) is 0 Å². The molecule has 1 heterocycles. The second-order valence-electron chi connectivity index (χ2n) is 4.51. The molecule has 0 saturated heterocycles. The Balaban J connectivity index is 2.03. The molecule has 0 amide bonds. The zero-order valence-corrected chi connectivity index (χ0v) is 12.7. The van der Waals surface area contributed by atoms with E-state index in [1.54, 1.807) is 37.4 Å². The molecule has 7 nitrogen and oxygen atoms in total. The fraction of sp³-hybridized carbons (Fsp3) is 0.333. The fourth-order valence-corrected chi connectivity index (χ4v) is 1.73. The fourth-order valence-electron chi connectivity index (χ4n) is 1.73. The Morgan fingerprint density at radius 1 is 1.23 bits per heavy atom. The van der Waals surface area contributed by atoms with Crippen LogP contribution in [0.25, 0.3) is 0 Å². The van der Waals surface area contributed by atoms with E-state index in [0.29, 0.717) is 23.9 Å². The average Bonchev–Trinajstić information content (AvgIpc) is 2.54. The summed E-state index contributed by atoms with van der Waals surface area (Å²) in [5.41, 5.74) is 1.27. The van der Waals surface area contributed by atoms with Gasteiger partial charge in [-0.2, -0.15) is 10.1 Å². The van der Waals surface area contributed by atoms with Gasteiger partial charge in [-0.3, -0.25) is 0 Å². The molecule has 2 rings (SSSR count). The van der Waals surface area contributed by atoms with Gasteiger partial charge in [0.05, 0.1) is 18.4 Å². The highest BCUT2D eigenvalue weighted by atomic mass is 16.5. The van der Waals surface area contributed by atoms with Gasteiger partial charge in [-0.25, -0.2) is 4.79 Å². The monoisotopic (exact) mass is 301 g/mol. The molecule has 0 atom stereocenters. The van der Waals surface area contributed by atoms with Crippen LogP contribution in [-0.2, 0) is 4.74 Å². The van der Waals surface area contributed by atoms with E-state index in [-0.39, 0.29) is 5.97 Å². The van der Waals surface area contributed by atoms with E-state index in [2.05, 4.69) is 32.7 Å². The Hall–Kier alpha value is -2.70. The van der Waals surface area contributed by atoms with Crippen LogP contribution in [0, 0.1) is 0 Å². The third-order valence-electron chi connectivity index (χ3n) is 2.77. The Labute approximate surface area is 129 Å². The van der Waals surface area contributed by atoms with Crippen LogP contribution in [0.4, 0.5) is 17.5 Å². The van der Waals surface area contributed by atoms with Gasteiger partial charge in [0.15, 0.2) is 5.82 Å². The first-order valence-corrected chi connectivity index (χ1v) is 7.20. The van der Waals surface area contributed by atoms with Crippen molar-refractivity contribution in [2.24, 2.45) is 0 Å². The maximum absolute atomic E-state index is 11.6. The molecule has 0 spiro atoms. The summed E-state index contributed by atoms with van der Waals surface area (Å²) in [6, 6.07) is 6.91. The third kappa shape index (κ3) is 4.41. The summed E-state index contributed by atoms with van der Waals surface area (Å²) < 4.78 is 4.94. The zero-order valence-electron chi connectivity index (χ0n) is 12.7. The van der Waals surface area contributed by atoms with Gasteiger partial charge in [-0.15, -0.1) is 5.10 Å². The lowest BCUT2D eigenvalue weighted by Gasteiger charge is -2.07. The molecule has 0 unspecified atom stereocenters. The molecule has 0 aliphatic heterocycles. The number of nitrogens with zero attached hydrogens (tertiary/aromatic N) is 3. The number of carbonyl (C=O) groups is 1. The summed E-state index contributed by atoms with van der Waals surface area (Å²) in [4.78, 5) is 15.9. The van der Waals surface area contributed by atoms with Crippen LogP contribution >= 0.6 is 0 Å². The number of ether oxygens (including phenoxy) is 1. The van der Waals surface area contributed by atoms with Crippen LogP contribution in [0.15, 0.2) is 30.5 Å². The van der Waals surface area contributed by atoms with Gasteiger partial charge in [0, 0.05) is 12.2 Å². The van der Waals surface area contributed by atoms with Crippen molar-refractivity contribution in [3.63, 3.8) is 0 Å². The third-order valence-corrected chi connectivity index (χ3v) is 2.77. The minimum Gasteiger partial charge on any atom is -0.462 e. The lowest BCUT2D eigenvalue weighted by atomic mass is 10.2. The normalized spacial score (nSPS) is 10.1. The van der Waals surface area contributed by atoms with Crippen LogP contribution in [0.3, 0.4) is 0 Å². The minimum absolute atomic E-state index is 0.335. The Kier molecular flexibility index (Phi) is 5.65. The first-order chi connectivity index (χ1) is 10.7. The molecular formula is C15H19N5O2. The van der Waals surface area contributed by atoms with Gasteiger partial charge >= 0.3 is 5.97 Å². The first kappa shape index (κ1) is 15.7. The summed E-state index contributed by atoms with van der Waals surface area (Å²) in [5.74, 6) is 0.727. The summed E-state index contributed by atoms with van der Waals surface area (Å²) in [6.45, 7) is 5.03. The van der Waals surface area contributed by atoms with Crippen molar-refractivity contribution in [2.45, 2.75) is 20.3 Å². The first-order valence-electron chi connectivity index (χ1n) is 7.20. The average molecular weight is 301 g/mol. The smallest absolute Gasteiger partial charge is 0.338 e. The van der Waals surface area contributed by atoms with Crippen LogP contribution in [0.2, 0.25) is 0 Å². The molecule has 2 N–H and O–H groups in total. The number of rotatable bonds is 7. The molecule has 1 aromatic heterocycles. The Bertz CT molecular complexity index is 616. The minimum atomic E-state index is -0.335. The summed E-state index contributed by atoms with van der Waals surface area (Å²) >= 11 is 0. The van der Waals surface area contributed by atoms with E-state index >= 15 is 0 Å². The number of hydrogen-bond donors (Lipinski definition) is 2. The molecular weight excluding hydrogens is 282 g/mol. The standard InChI is InChI=1S/C15H19N5O2/c1-3-9-16-13-10-17-20-15(19-13)18-12-7-5-11(6-8-12)14(21)22-4-2/h5-8,10H,3-4,9H2,1-2H3,(H2,16,18,19,20). The van der Waals surface area contributed by atoms with Crippen molar-refractivity contribution in [1.29, 1.82) is 0 Å². The lowest BCUT2D eigenvalue weighted by molar-refractivity contribution is 0.0526. The van der Waals surface area contributed by atoms with Crippen molar-refractivity contribution in [3.05, 3.63) is 36.0 Å². The van der Waals surface area contributed by atoms with E-state index in [9.17, 15) is 4.79 Å². The molecule has 1 aromatic carbocycles. The predicted molar refractivity (Wildman–Crippen MR) is 84.3 cm³/mol. The van der Waals surface area contributed by atoms with Gasteiger partial charge in [0.2, 0.25) is 5.95 Å². The number of esters is 1. The van der Waals surface area contributed by atoms with Crippen LogP contribution < -0.4 is 10.6 Å². The highest BCUT2D eigenvalue weighted by molar-refractivity contribution is 5.89. The van der Waals surface area contributed by atoms with Crippen LogP contribution in [-0.4, -0.2) is 34.3 Å². The van der Waals surface area contributed by atoms with Gasteiger partial charge in [-0.05, 0) is 37.6 Å². The van der Waals surface area contributed by atoms with E-state index in [0.717, 1.165) is 18.7 Å². The van der Waals surface area contributed by atoms with Crippen molar-refractivity contribution in [3.8, 4) is 0 Å². The van der Waals surface area contributed by atoms with Crippen molar-refractivity contribution in [1.82, 2.24) is 15.2 Å². The molecule has 7 heteroatoms. The summed E-state index contributed by atoms with van der Waals surface area (Å²) in [6.07, 6.45) is 2.58. The predicted octanol–water partition coefficient (Wildman–Crippen LogP) is 2.61. The second-order valence-corrected chi connectivity index (χ2v) is 4.51. The number of hydrogen-bond acceptors (Lipinski definition) is 7. The molecule has 22 heavy (non-hydrogen) atoms. The SMILES string of the molecule is CCCNc1cnnc(Nc2ccc(C(=O)OCC)cc2)n1. The second kappa shape index (κ2) is 7.92. The zero-order chi connectivity index (χ0) is 15.8. The molecule has 0 fully saturated rings. The Morgan fingerprint density at radius 2 is 2.00 bits per heavy atom. The lowest BCUT2D eigenvalue weighted by Crippen LogP contribution is -2.06. The quantitative estimate of drug-likeness (QED) is 0.760. The maximum atomic E-state index is 11.6. The number of nitrogens with one attached hydrogen (secondary N) is 2. The van der Waals surface area contributed by atoms with Crippen molar-refractivity contribution in [2.75, 3.05) is 23.8 Å². The maximum Gasteiger partial charge on any atom is 0.338 e. The van der Waals surface area contributed by atoms with Crippen molar-refractivity contribution < 1.29 is 9.53 Å². The van der Waals surface area contributed by atoms with Gasteiger partial charge in [-0.1, -0.05) is 6.92 Å². The number of benzene rings is 1. The number of aromatic nitrogens is 3. The number of anilines is 3. The van der Waals surface area contributed by atoms with Crippen molar-refractivity contribution >= 4 is 23.4 Å². The van der Waals surface area contributed by atoms with E-state index in [4.69, 9.17) is 4.74 Å².